The summed E-state index contributed by atoms with van der Waals surface area (Å²) >= 11 is 6.39. The summed E-state index contributed by atoms with van der Waals surface area (Å²) in [5.41, 5.74) is 2.08. The predicted molar refractivity (Wildman–Crippen MR) is 115 cm³/mol. The minimum atomic E-state index is -0.299. The van der Waals surface area contributed by atoms with Crippen LogP contribution in [-0.4, -0.2) is 25.6 Å². The number of carbonyl (C=O) groups is 1. The molecule has 0 bridgehead atoms. The van der Waals surface area contributed by atoms with E-state index in [0.717, 1.165) is 5.69 Å². The summed E-state index contributed by atoms with van der Waals surface area (Å²) in [6.45, 7) is 5.99. The average Bonchev–Trinajstić information content (AvgIpc) is 3.40. The van der Waals surface area contributed by atoms with Crippen LogP contribution in [0.1, 0.15) is 37.0 Å². The van der Waals surface area contributed by atoms with E-state index < -0.39 is 0 Å². The second-order valence-corrected chi connectivity index (χ2v) is 8.22. The molecule has 152 valence electrons. The van der Waals surface area contributed by atoms with Crippen molar-refractivity contribution in [2.75, 3.05) is 5.32 Å². The van der Waals surface area contributed by atoms with E-state index in [4.69, 9.17) is 16.1 Å². The Morgan fingerprint density at radius 1 is 1.17 bits per heavy atom. The van der Waals surface area contributed by atoms with Crippen LogP contribution in [0.4, 0.5) is 5.69 Å². The molecule has 2 aromatic heterocycles. The Balaban J connectivity index is 1.61. The lowest BCUT2D eigenvalue weighted by atomic mass is 9.96. The van der Waals surface area contributed by atoms with E-state index in [1.807, 2.05) is 32.9 Å². The van der Waals surface area contributed by atoms with E-state index >= 15 is 0 Å². The fourth-order valence-corrected chi connectivity index (χ4v) is 3.18. The van der Waals surface area contributed by atoms with Gasteiger partial charge >= 0.3 is 0 Å². The van der Waals surface area contributed by atoms with E-state index in [-0.39, 0.29) is 11.3 Å². The third-order valence-electron chi connectivity index (χ3n) is 4.49. The summed E-state index contributed by atoms with van der Waals surface area (Å²) < 4.78 is 7.22. The van der Waals surface area contributed by atoms with Gasteiger partial charge in [-0.3, -0.25) is 4.79 Å². The van der Waals surface area contributed by atoms with E-state index in [2.05, 4.69) is 20.4 Å². The van der Waals surface area contributed by atoms with Crippen molar-refractivity contribution in [2.24, 2.45) is 0 Å². The lowest BCUT2D eigenvalue weighted by Crippen LogP contribution is -2.14. The van der Waals surface area contributed by atoms with Crippen LogP contribution in [0.15, 0.2) is 65.7 Å². The maximum absolute atomic E-state index is 13.0. The highest BCUT2D eigenvalue weighted by molar-refractivity contribution is 6.32. The van der Waals surface area contributed by atoms with Gasteiger partial charge < -0.3 is 14.4 Å². The zero-order valence-corrected chi connectivity index (χ0v) is 17.5. The van der Waals surface area contributed by atoms with Crippen molar-refractivity contribution < 1.29 is 9.32 Å². The molecule has 0 atom stereocenters. The van der Waals surface area contributed by atoms with Gasteiger partial charge in [-0.2, -0.15) is 4.98 Å². The van der Waals surface area contributed by atoms with Crippen LogP contribution >= 0.6 is 11.6 Å². The minimum absolute atomic E-state index is 0.257. The summed E-state index contributed by atoms with van der Waals surface area (Å²) in [6, 6.07) is 12.4. The SMILES string of the molecule is CC(C)(C)c1noc(-c2ccccc2C(=O)Nc2ccc(-n3ccnc3)c(Cl)c2)n1. The summed E-state index contributed by atoms with van der Waals surface area (Å²) in [5.74, 6) is 0.585. The molecule has 0 aliphatic rings. The zero-order chi connectivity index (χ0) is 21.3. The summed E-state index contributed by atoms with van der Waals surface area (Å²) in [7, 11) is 0. The number of anilines is 1. The molecule has 0 fully saturated rings. The predicted octanol–water partition coefficient (Wildman–Crippen LogP) is 5.13. The molecule has 0 aliphatic heterocycles. The molecule has 0 radical (unpaired) electrons. The quantitative estimate of drug-likeness (QED) is 0.494. The monoisotopic (exact) mass is 421 g/mol. The Kier molecular flexibility index (Phi) is 5.13. The van der Waals surface area contributed by atoms with Crippen molar-refractivity contribution in [1.82, 2.24) is 19.7 Å². The Morgan fingerprint density at radius 2 is 1.97 bits per heavy atom. The zero-order valence-electron chi connectivity index (χ0n) is 16.8. The molecule has 1 amide bonds. The van der Waals surface area contributed by atoms with Gasteiger partial charge in [0.15, 0.2) is 5.82 Å². The topological polar surface area (TPSA) is 85.8 Å². The van der Waals surface area contributed by atoms with Crippen molar-refractivity contribution in [1.29, 1.82) is 0 Å². The molecule has 2 heterocycles. The first-order chi connectivity index (χ1) is 14.3. The van der Waals surface area contributed by atoms with Crippen molar-refractivity contribution in [3.8, 4) is 17.1 Å². The first-order valence-corrected chi connectivity index (χ1v) is 9.73. The number of benzene rings is 2. The number of hydrogen-bond donors (Lipinski definition) is 1. The van der Waals surface area contributed by atoms with Crippen LogP contribution in [0.5, 0.6) is 0 Å². The Hall–Kier alpha value is -3.45. The molecule has 0 aliphatic carbocycles. The average molecular weight is 422 g/mol. The summed E-state index contributed by atoms with van der Waals surface area (Å²) in [4.78, 5) is 21.5. The van der Waals surface area contributed by atoms with Crippen LogP contribution < -0.4 is 5.32 Å². The number of imidazole rings is 1. The van der Waals surface area contributed by atoms with Crippen molar-refractivity contribution >= 4 is 23.2 Å². The fraction of sp³-hybridized carbons (Fsp3) is 0.182. The Bertz CT molecular complexity index is 1190. The lowest BCUT2D eigenvalue weighted by molar-refractivity contribution is 0.102. The molecule has 4 aromatic rings. The van der Waals surface area contributed by atoms with Gasteiger partial charge in [0.05, 0.1) is 28.2 Å². The number of carbonyl (C=O) groups excluding carboxylic acids is 1. The number of nitrogens with zero attached hydrogens (tertiary/aromatic N) is 4. The molecular weight excluding hydrogens is 402 g/mol. The third-order valence-corrected chi connectivity index (χ3v) is 4.79. The molecule has 2 aromatic carbocycles. The molecule has 30 heavy (non-hydrogen) atoms. The van der Waals surface area contributed by atoms with Gasteiger partial charge in [-0.05, 0) is 30.3 Å². The number of aromatic nitrogens is 4. The van der Waals surface area contributed by atoms with Crippen LogP contribution in [0.2, 0.25) is 5.02 Å². The van der Waals surface area contributed by atoms with Crippen molar-refractivity contribution in [3.05, 3.63) is 77.6 Å². The second-order valence-electron chi connectivity index (χ2n) is 7.81. The first kappa shape index (κ1) is 19.8. The summed E-state index contributed by atoms with van der Waals surface area (Å²) in [5, 5.41) is 7.42. The van der Waals surface area contributed by atoms with E-state index in [9.17, 15) is 4.79 Å². The fourth-order valence-electron chi connectivity index (χ4n) is 2.90. The number of rotatable bonds is 4. The molecule has 0 spiro atoms. The maximum Gasteiger partial charge on any atom is 0.258 e. The molecule has 0 saturated carbocycles. The van der Waals surface area contributed by atoms with E-state index in [1.54, 1.807) is 53.6 Å². The molecule has 0 saturated heterocycles. The lowest BCUT2D eigenvalue weighted by Gasteiger charge is -2.11. The molecule has 7 nitrogen and oxygen atoms in total. The molecule has 4 rings (SSSR count). The second kappa shape index (κ2) is 7.76. The highest BCUT2D eigenvalue weighted by Crippen LogP contribution is 2.28. The van der Waals surface area contributed by atoms with Gasteiger partial charge in [-0.1, -0.05) is 49.7 Å². The Labute approximate surface area is 178 Å². The largest absolute Gasteiger partial charge is 0.334 e. The number of amides is 1. The third kappa shape index (κ3) is 3.97. The van der Waals surface area contributed by atoms with Gasteiger partial charge in [0.1, 0.15) is 0 Å². The first-order valence-electron chi connectivity index (χ1n) is 9.36. The highest BCUT2D eigenvalue weighted by atomic mass is 35.5. The van der Waals surface area contributed by atoms with Gasteiger partial charge in [0.25, 0.3) is 11.8 Å². The van der Waals surface area contributed by atoms with E-state index in [1.165, 1.54) is 0 Å². The van der Waals surface area contributed by atoms with Crippen LogP contribution in [0.25, 0.3) is 17.1 Å². The maximum atomic E-state index is 13.0. The van der Waals surface area contributed by atoms with Crippen LogP contribution in [0, 0.1) is 0 Å². The Morgan fingerprint density at radius 3 is 2.63 bits per heavy atom. The molecular formula is C22H20ClN5O2. The smallest absolute Gasteiger partial charge is 0.258 e. The van der Waals surface area contributed by atoms with Gasteiger partial charge in [0, 0.05) is 23.5 Å². The normalized spacial score (nSPS) is 11.5. The van der Waals surface area contributed by atoms with E-state index in [0.29, 0.717) is 33.6 Å². The number of halogens is 1. The van der Waals surface area contributed by atoms with Crippen molar-refractivity contribution in [2.45, 2.75) is 26.2 Å². The number of hydrogen-bond acceptors (Lipinski definition) is 5. The standard InChI is InChI=1S/C22H20ClN5O2/c1-22(2,3)21-26-20(30-27-21)16-7-5-4-6-15(16)19(29)25-14-8-9-18(17(23)12-14)28-11-10-24-13-28/h4-13H,1-3H3,(H,25,29). The molecule has 8 heteroatoms. The van der Waals surface area contributed by atoms with Crippen molar-refractivity contribution in [3.63, 3.8) is 0 Å². The highest BCUT2D eigenvalue weighted by Gasteiger charge is 2.23. The van der Waals surface area contributed by atoms with Crippen LogP contribution in [0.3, 0.4) is 0 Å². The number of nitrogens with one attached hydrogen (secondary N) is 1. The molecule has 1 N–H and O–H groups in total. The molecule has 0 unspecified atom stereocenters. The van der Waals surface area contributed by atoms with Crippen LogP contribution in [-0.2, 0) is 5.41 Å². The van der Waals surface area contributed by atoms with Gasteiger partial charge in [-0.15, -0.1) is 0 Å². The van der Waals surface area contributed by atoms with Gasteiger partial charge in [0.2, 0.25) is 0 Å². The summed E-state index contributed by atoms with van der Waals surface area (Å²) in [6.07, 6.45) is 5.13. The van der Waals surface area contributed by atoms with Gasteiger partial charge in [-0.25, -0.2) is 4.98 Å². The minimum Gasteiger partial charge on any atom is -0.334 e.